The van der Waals surface area contributed by atoms with Crippen LogP contribution in [0.2, 0.25) is 0 Å². The fourth-order valence-corrected chi connectivity index (χ4v) is 3.01. The highest BCUT2D eigenvalue weighted by atomic mass is 35.5. The van der Waals surface area contributed by atoms with Gasteiger partial charge < -0.3 is 15.4 Å². The molecule has 2 atom stereocenters. The van der Waals surface area contributed by atoms with Gasteiger partial charge in [-0.1, -0.05) is 30.3 Å². The summed E-state index contributed by atoms with van der Waals surface area (Å²) in [4.78, 5) is 14.2. The minimum atomic E-state index is -0.382. The van der Waals surface area contributed by atoms with Crippen LogP contribution in [0, 0.1) is 0 Å². The Morgan fingerprint density at radius 3 is 2.86 bits per heavy atom. The van der Waals surface area contributed by atoms with Crippen molar-refractivity contribution in [1.29, 1.82) is 0 Å². The van der Waals surface area contributed by atoms with Crippen LogP contribution in [0.25, 0.3) is 0 Å². The van der Waals surface area contributed by atoms with E-state index in [0.717, 1.165) is 18.6 Å². The summed E-state index contributed by atoms with van der Waals surface area (Å²) >= 11 is 1.72. The van der Waals surface area contributed by atoms with Gasteiger partial charge in [-0.05, 0) is 24.0 Å². The van der Waals surface area contributed by atoms with Gasteiger partial charge in [-0.25, -0.2) is 0 Å². The summed E-state index contributed by atoms with van der Waals surface area (Å²) in [7, 11) is 0. The predicted molar refractivity (Wildman–Crippen MR) is 94.7 cm³/mol. The van der Waals surface area contributed by atoms with Gasteiger partial charge in [-0.15, -0.1) is 12.4 Å². The minimum Gasteiger partial charge on any atom is -0.374 e. The van der Waals surface area contributed by atoms with Crippen LogP contribution in [-0.4, -0.2) is 54.7 Å². The molecule has 22 heavy (non-hydrogen) atoms. The molecule has 2 N–H and O–H groups in total. The number of ether oxygens (including phenoxy) is 1. The first-order chi connectivity index (χ1) is 10.2. The van der Waals surface area contributed by atoms with Crippen molar-refractivity contribution in [2.75, 3.05) is 31.7 Å². The van der Waals surface area contributed by atoms with E-state index in [9.17, 15) is 4.79 Å². The maximum Gasteiger partial charge on any atom is 0.239 e. The lowest BCUT2D eigenvalue weighted by molar-refractivity contribution is -0.140. The molecule has 2 unspecified atom stereocenters. The average Bonchev–Trinajstić information content (AvgIpc) is 2.53. The van der Waals surface area contributed by atoms with E-state index in [1.54, 1.807) is 11.8 Å². The summed E-state index contributed by atoms with van der Waals surface area (Å²) in [5.41, 5.74) is 7.23. The van der Waals surface area contributed by atoms with Crippen molar-refractivity contribution in [1.82, 2.24) is 4.90 Å². The number of nitrogens with zero attached hydrogens (tertiary/aromatic N) is 1. The van der Waals surface area contributed by atoms with Crippen LogP contribution >= 0.6 is 24.2 Å². The molecule has 124 valence electrons. The molecule has 1 aliphatic heterocycles. The number of rotatable bonds is 6. The van der Waals surface area contributed by atoms with Crippen molar-refractivity contribution < 1.29 is 9.53 Å². The van der Waals surface area contributed by atoms with Crippen molar-refractivity contribution >= 4 is 30.1 Å². The molecule has 1 aromatic rings. The Labute approximate surface area is 143 Å². The summed E-state index contributed by atoms with van der Waals surface area (Å²) < 4.78 is 5.78. The van der Waals surface area contributed by atoms with Crippen LogP contribution in [0.3, 0.4) is 0 Å². The average molecular weight is 345 g/mol. The number of carbonyl (C=O) groups excluding carboxylic acids is 1. The van der Waals surface area contributed by atoms with Gasteiger partial charge in [0.15, 0.2) is 0 Å². The number of halogens is 1. The van der Waals surface area contributed by atoms with Gasteiger partial charge >= 0.3 is 0 Å². The van der Waals surface area contributed by atoms with Crippen LogP contribution in [0.5, 0.6) is 0 Å². The monoisotopic (exact) mass is 344 g/mol. The van der Waals surface area contributed by atoms with Gasteiger partial charge in [0.1, 0.15) is 0 Å². The van der Waals surface area contributed by atoms with E-state index in [4.69, 9.17) is 10.5 Å². The zero-order chi connectivity index (χ0) is 15.1. The maximum atomic E-state index is 12.3. The van der Waals surface area contributed by atoms with Crippen LogP contribution in [-0.2, 0) is 16.0 Å². The Balaban J connectivity index is 0.00000242. The van der Waals surface area contributed by atoms with Gasteiger partial charge in [-0.2, -0.15) is 11.8 Å². The Kier molecular flexibility index (Phi) is 8.86. The number of hydrogen-bond acceptors (Lipinski definition) is 4. The topological polar surface area (TPSA) is 55.6 Å². The Hall–Kier alpha value is -0.750. The van der Waals surface area contributed by atoms with Crippen LogP contribution in [0.1, 0.15) is 12.0 Å². The molecule has 1 amide bonds. The molecule has 0 bridgehead atoms. The van der Waals surface area contributed by atoms with Gasteiger partial charge in [0.2, 0.25) is 5.91 Å². The normalized spacial score (nSPS) is 19.4. The van der Waals surface area contributed by atoms with Crippen LogP contribution in [0.4, 0.5) is 0 Å². The third kappa shape index (κ3) is 5.80. The number of amides is 1. The van der Waals surface area contributed by atoms with Gasteiger partial charge in [0.25, 0.3) is 0 Å². The molecule has 1 heterocycles. The number of nitrogens with two attached hydrogens (primary N) is 1. The lowest BCUT2D eigenvalue weighted by Gasteiger charge is -2.34. The van der Waals surface area contributed by atoms with Gasteiger partial charge in [0.05, 0.1) is 18.8 Å². The highest BCUT2D eigenvalue weighted by Crippen LogP contribution is 2.13. The van der Waals surface area contributed by atoms with Crippen molar-refractivity contribution in [3.8, 4) is 0 Å². The quantitative estimate of drug-likeness (QED) is 0.857. The first-order valence-electron chi connectivity index (χ1n) is 7.39. The van der Waals surface area contributed by atoms with E-state index in [2.05, 4.69) is 12.1 Å². The van der Waals surface area contributed by atoms with E-state index in [1.807, 2.05) is 29.4 Å². The summed E-state index contributed by atoms with van der Waals surface area (Å²) in [5, 5.41) is 0. The fraction of sp³-hybridized carbons (Fsp3) is 0.562. The third-order valence-electron chi connectivity index (χ3n) is 3.71. The molecule has 4 nitrogen and oxygen atoms in total. The molecule has 2 rings (SSSR count). The summed E-state index contributed by atoms with van der Waals surface area (Å²) in [6, 6.07) is 9.86. The number of benzene rings is 1. The van der Waals surface area contributed by atoms with E-state index in [0.29, 0.717) is 19.7 Å². The fourth-order valence-electron chi connectivity index (χ4n) is 2.52. The molecule has 6 heteroatoms. The number of thioether (sulfide) groups is 1. The van der Waals surface area contributed by atoms with E-state index < -0.39 is 0 Å². The minimum absolute atomic E-state index is 0. The van der Waals surface area contributed by atoms with Crippen molar-refractivity contribution in [3.05, 3.63) is 35.9 Å². The number of morpholine rings is 1. The molecular formula is C16H25ClN2O2S. The number of hydrogen-bond donors (Lipinski definition) is 1. The predicted octanol–water partition coefficient (Wildman–Crippen LogP) is 1.96. The largest absolute Gasteiger partial charge is 0.374 e. The summed E-state index contributed by atoms with van der Waals surface area (Å²) in [5.74, 6) is 0.982. The molecule has 1 fully saturated rings. The van der Waals surface area contributed by atoms with Crippen molar-refractivity contribution in [2.24, 2.45) is 5.73 Å². The second-order valence-electron chi connectivity index (χ2n) is 5.35. The lowest BCUT2D eigenvalue weighted by Crippen LogP contribution is -2.52. The zero-order valence-electron chi connectivity index (χ0n) is 12.9. The second kappa shape index (κ2) is 10.1. The van der Waals surface area contributed by atoms with E-state index in [1.165, 1.54) is 5.56 Å². The summed E-state index contributed by atoms with van der Waals surface area (Å²) in [6.07, 6.45) is 3.67. The SMILES string of the molecule is CSCCC(N)C(=O)N1CCOC(Cc2ccccc2)C1.Cl. The highest BCUT2D eigenvalue weighted by Gasteiger charge is 2.27. The maximum absolute atomic E-state index is 12.3. The van der Waals surface area contributed by atoms with E-state index >= 15 is 0 Å². The summed E-state index contributed by atoms with van der Waals surface area (Å²) in [6.45, 7) is 1.89. The van der Waals surface area contributed by atoms with Gasteiger partial charge in [0, 0.05) is 19.5 Å². The molecule has 1 saturated heterocycles. The Morgan fingerprint density at radius 2 is 2.18 bits per heavy atom. The van der Waals surface area contributed by atoms with Crippen LogP contribution < -0.4 is 5.73 Å². The van der Waals surface area contributed by atoms with Gasteiger partial charge in [-0.3, -0.25) is 4.79 Å². The second-order valence-corrected chi connectivity index (χ2v) is 6.34. The Bertz CT molecular complexity index is 447. The first-order valence-corrected chi connectivity index (χ1v) is 8.79. The molecule has 0 aromatic heterocycles. The molecular weight excluding hydrogens is 320 g/mol. The molecule has 0 spiro atoms. The first kappa shape index (κ1) is 19.3. The van der Waals surface area contributed by atoms with Crippen LogP contribution in [0.15, 0.2) is 30.3 Å². The van der Waals surface area contributed by atoms with Crippen molar-refractivity contribution in [2.45, 2.75) is 25.0 Å². The molecule has 0 saturated carbocycles. The standard InChI is InChI=1S/C16H24N2O2S.ClH/c1-21-10-7-15(17)16(19)18-8-9-20-14(12-18)11-13-5-3-2-4-6-13;/h2-6,14-15H,7-12,17H2,1H3;1H. The highest BCUT2D eigenvalue weighted by molar-refractivity contribution is 7.98. The smallest absolute Gasteiger partial charge is 0.239 e. The third-order valence-corrected chi connectivity index (χ3v) is 4.35. The van der Waals surface area contributed by atoms with E-state index in [-0.39, 0.29) is 30.5 Å². The molecule has 1 aliphatic rings. The zero-order valence-corrected chi connectivity index (χ0v) is 14.6. The Morgan fingerprint density at radius 1 is 1.45 bits per heavy atom. The van der Waals surface area contributed by atoms with Crippen molar-refractivity contribution in [3.63, 3.8) is 0 Å². The molecule has 0 aliphatic carbocycles. The number of carbonyl (C=O) groups is 1. The molecule has 0 radical (unpaired) electrons. The lowest BCUT2D eigenvalue weighted by atomic mass is 10.1. The molecule has 1 aromatic carbocycles.